The number of ketones is 1. The molecular weight excluding hydrogens is 346 g/mol. The lowest BCUT2D eigenvalue weighted by atomic mass is 10.0. The third-order valence-electron chi connectivity index (χ3n) is 2.11. The Morgan fingerprint density at radius 1 is 1.21 bits per heavy atom. The molecule has 0 aliphatic heterocycles. The Balaban J connectivity index is 3.39. The molecular formula is C10H5BrF6O2. The van der Waals surface area contributed by atoms with E-state index in [-0.39, 0.29) is 4.47 Å². The van der Waals surface area contributed by atoms with Crippen molar-refractivity contribution in [2.75, 3.05) is 7.11 Å². The third kappa shape index (κ3) is 2.85. The summed E-state index contributed by atoms with van der Waals surface area (Å²) in [5, 5.41) is 0. The molecule has 0 saturated carbocycles. The van der Waals surface area contributed by atoms with Gasteiger partial charge in [0.1, 0.15) is 0 Å². The van der Waals surface area contributed by atoms with Gasteiger partial charge in [-0.1, -0.05) is 15.9 Å². The summed E-state index contributed by atoms with van der Waals surface area (Å²) in [4.78, 5) is 11.2. The van der Waals surface area contributed by atoms with Crippen LogP contribution in [0.5, 0.6) is 5.75 Å². The zero-order chi connectivity index (χ0) is 15.0. The van der Waals surface area contributed by atoms with Gasteiger partial charge >= 0.3 is 12.1 Å². The van der Waals surface area contributed by atoms with Crippen molar-refractivity contribution in [2.45, 2.75) is 12.1 Å². The van der Waals surface area contributed by atoms with Gasteiger partial charge in [0.15, 0.2) is 11.6 Å². The first-order chi connectivity index (χ1) is 8.52. The molecule has 0 fully saturated rings. The maximum Gasteiger partial charge on any atom is 0.461 e. The molecule has 0 amide bonds. The van der Waals surface area contributed by atoms with Gasteiger partial charge in [0, 0.05) is 4.47 Å². The quantitative estimate of drug-likeness (QED) is 0.608. The van der Waals surface area contributed by atoms with Gasteiger partial charge in [0.05, 0.1) is 12.7 Å². The van der Waals surface area contributed by atoms with Crippen molar-refractivity contribution < 1.29 is 35.9 Å². The highest BCUT2D eigenvalue weighted by Gasteiger charge is 2.63. The van der Waals surface area contributed by atoms with Gasteiger partial charge in [0.25, 0.3) is 0 Å². The summed E-state index contributed by atoms with van der Waals surface area (Å²) in [5.74, 6) is -10.6. The average molecular weight is 351 g/mol. The Kier molecular flexibility index (Phi) is 4.18. The van der Waals surface area contributed by atoms with Crippen LogP contribution in [0.25, 0.3) is 0 Å². The molecule has 0 N–H and O–H groups in total. The standard InChI is InChI=1S/C10H5BrF6O2/c1-19-6-3-4(11)2-5(7(6)12)8(18)9(13,14)10(15,16)17/h2-3H,1H3. The van der Waals surface area contributed by atoms with Crippen molar-refractivity contribution in [1.29, 1.82) is 0 Å². The highest BCUT2D eigenvalue weighted by atomic mass is 79.9. The molecule has 1 aromatic rings. The minimum atomic E-state index is -6.11. The molecule has 19 heavy (non-hydrogen) atoms. The summed E-state index contributed by atoms with van der Waals surface area (Å²) in [5.41, 5.74) is -1.41. The third-order valence-corrected chi connectivity index (χ3v) is 2.57. The van der Waals surface area contributed by atoms with E-state index in [2.05, 4.69) is 20.7 Å². The maximum absolute atomic E-state index is 13.6. The Morgan fingerprint density at radius 2 is 1.74 bits per heavy atom. The van der Waals surface area contributed by atoms with Crippen molar-refractivity contribution in [1.82, 2.24) is 0 Å². The van der Waals surface area contributed by atoms with Gasteiger partial charge in [-0.25, -0.2) is 4.39 Å². The van der Waals surface area contributed by atoms with Crippen LogP contribution in [0.2, 0.25) is 0 Å². The van der Waals surface area contributed by atoms with E-state index < -0.39 is 35.0 Å². The van der Waals surface area contributed by atoms with E-state index in [9.17, 15) is 31.1 Å². The van der Waals surface area contributed by atoms with Crippen LogP contribution in [-0.4, -0.2) is 25.0 Å². The largest absolute Gasteiger partial charge is 0.494 e. The lowest BCUT2D eigenvalue weighted by Crippen LogP contribution is -2.44. The topological polar surface area (TPSA) is 26.3 Å². The Hall–Kier alpha value is -1.25. The van der Waals surface area contributed by atoms with E-state index in [1.165, 1.54) is 0 Å². The van der Waals surface area contributed by atoms with Crippen LogP contribution < -0.4 is 4.74 Å². The number of benzene rings is 1. The smallest absolute Gasteiger partial charge is 0.461 e. The van der Waals surface area contributed by atoms with Gasteiger partial charge < -0.3 is 4.74 Å². The van der Waals surface area contributed by atoms with Crippen molar-refractivity contribution in [2.24, 2.45) is 0 Å². The fraction of sp³-hybridized carbons (Fsp3) is 0.300. The average Bonchev–Trinajstić information content (AvgIpc) is 2.29. The monoisotopic (exact) mass is 350 g/mol. The fourth-order valence-corrected chi connectivity index (χ4v) is 1.61. The molecule has 0 atom stereocenters. The highest BCUT2D eigenvalue weighted by molar-refractivity contribution is 9.10. The number of alkyl halides is 5. The number of hydrogen-bond acceptors (Lipinski definition) is 2. The number of methoxy groups -OCH3 is 1. The number of ether oxygens (including phenoxy) is 1. The van der Waals surface area contributed by atoms with E-state index in [0.29, 0.717) is 6.07 Å². The highest BCUT2D eigenvalue weighted by Crippen LogP contribution is 2.39. The maximum atomic E-state index is 13.6. The van der Waals surface area contributed by atoms with Crippen LogP contribution in [-0.2, 0) is 0 Å². The molecule has 0 aliphatic carbocycles. The van der Waals surface area contributed by atoms with Crippen molar-refractivity contribution in [3.63, 3.8) is 0 Å². The van der Waals surface area contributed by atoms with E-state index in [0.717, 1.165) is 13.2 Å². The summed E-state index contributed by atoms with van der Waals surface area (Å²) >= 11 is 2.75. The van der Waals surface area contributed by atoms with Gasteiger partial charge in [-0.3, -0.25) is 4.79 Å². The SMILES string of the molecule is COc1cc(Br)cc(C(=O)C(F)(F)C(F)(F)F)c1F. The molecule has 106 valence electrons. The van der Waals surface area contributed by atoms with Gasteiger partial charge in [-0.05, 0) is 12.1 Å². The van der Waals surface area contributed by atoms with Crippen LogP contribution >= 0.6 is 15.9 Å². The van der Waals surface area contributed by atoms with Gasteiger partial charge in [-0.2, -0.15) is 22.0 Å². The second-order valence-electron chi connectivity index (χ2n) is 3.37. The van der Waals surface area contributed by atoms with Crippen LogP contribution in [0.15, 0.2) is 16.6 Å². The van der Waals surface area contributed by atoms with Gasteiger partial charge in [0.2, 0.25) is 5.78 Å². The molecule has 0 saturated heterocycles. The normalized spacial score (nSPS) is 12.4. The summed E-state index contributed by atoms with van der Waals surface area (Å²) in [7, 11) is 0.973. The first kappa shape index (κ1) is 15.8. The van der Waals surface area contributed by atoms with Crippen LogP contribution in [0.1, 0.15) is 10.4 Å². The van der Waals surface area contributed by atoms with Crippen LogP contribution in [0.3, 0.4) is 0 Å². The number of rotatable bonds is 3. The number of carbonyl (C=O) groups is 1. The summed E-state index contributed by atoms with van der Waals surface area (Å²) in [6.45, 7) is 0. The molecule has 9 heteroatoms. The molecule has 0 bridgehead atoms. The Labute approximate surface area is 111 Å². The molecule has 0 radical (unpaired) electrons. The summed E-state index contributed by atoms with van der Waals surface area (Å²) in [6, 6.07) is 1.51. The minimum absolute atomic E-state index is 0.0768. The molecule has 1 rings (SSSR count). The Bertz CT molecular complexity index is 511. The predicted octanol–water partition coefficient (Wildman–Crippen LogP) is 3.98. The van der Waals surface area contributed by atoms with E-state index in [1.807, 2.05) is 0 Å². The van der Waals surface area contributed by atoms with Crippen molar-refractivity contribution >= 4 is 21.7 Å². The summed E-state index contributed by atoms with van der Waals surface area (Å²) < 4.78 is 79.8. The van der Waals surface area contributed by atoms with E-state index in [1.54, 1.807) is 0 Å². The minimum Gasteiger partial charge on any atom is -0.494 e. The first-order valence-electron chi connectivity index (χ1n) is 4.54. The number of Topliss-reactive ketones (excluding diaryl/α,β-unsaturated/α-hetero) is 1. The second-order valence-corrected chi connectivity index (χ2v) is 4.29. The summed E-state index contributed by atoms with van der Waals surface area (Å²) in [6.07, 6.45) is -6.11. The van der Waals surface area contributed by atoms with Gasteiger partial charge in [-0.15, -0.1) is 0 Å². The van der Waals surface area contributed by atoms with E-state index in [4.69, 9.17) is 0 Å². The second kappa shape index (κ2) is 5.03. The zero-order valence-corrected chi connectivity index (χ0v) is 10.7. The molecule has 0 aromatic heterocycles. The Morgan fingerprint density at radius 3 is 2.16 bits per heavy atom. The molecule has 0 unspecified atom stereocenters. The van der Waals surface area contributed by atoms with Crippen molar-refractivity contribution in [3.8, 4) is 5.75 Å². The van der Waals surface area contributed by atoms with E-state index >= 15 is 0 Å². The zero-order valence-electron chi connectivity index (χ0n) is 9.12. The van der Waals surface area contributed by atoms with Crippen LogP contribution in [0.4, 0.5) is 26.3 Å². The first-order valence-corrected chi connectivity index (χ1v) is 5.34. The number of hydrogen-bond donors (Lipinski definition) is 0. The number of halogens is 7. The molecule has 0 heterocycles. The fourth-order valence-electron chi connectivity index (χ4n) is 1.18. The van der Waals surface area contributed by atoms with Crippen LogP contribution in [0, 0.1) is 5.82 Å². The molecule has 2 nitrogen and oxygen atoms in total. The lowest BCUT2D eigenvalue weighted by Gasteiger charge is -2.19. The molecule has 1 aromatic carbocycles. The predicted molar refractivity (Wildman–Crippen MR) is 56.0 cm³/mol. The van der Waals surface area contributed by atoms with Crippen molar-refractivity contribution in [3.05, 3.63) is 28.0 Å². The lowest BCUT2D eigenvalue weighted by molar-refractivity contribution is -0.255. The molecule has 0 spiro atoms. The molecule has 0 aliphatic rings. The number of carbonyl (C=O) groups excluding carboxylic acids is 1.